The van der Waals surface area contributed by atoms with Crippen LogP contribution in [0.3, 0.4) is 0 Å². The van der Waals surface area contributed by atoms with Crippen LogP contribution in [0, 0.1) is 19.8 Å². The molecule has 4 rings (SSSR count). The van der Waals surface area contributed by atoms with Crippen molar-refractivity contribution in [1.29, 1.82) is 0 Å². The Morgan fingerprint density at radius 1 is 1.23 bits per heavy atom. The van der Waals surface area contributed by atoms with Gasteiger partial charge in [0.25, 0.3) is 5.91 Å². The van der Waals surface area contributed by atoms with Gasteiger partial charge in [0.2, 0.25) is 5.91 Å². The molecule has 0 aliphatic carbocycles. The van der Waals surface area contributed by atoms with E-state index in [1.165, 1.54) is 18.9 Å². The Hall–Kier alpha value is -2.74. The zero-order valence-electron chi connectivity index (χ0n) is 17.6. The van der Waals surface area contributed by atoms with E-state index < -0.39 is 29.6 Å². The summed E-state index contributed by atoms with van der Waals surface area (Å²) in [6.45, 7) is 5.81. The minimum Gasteiger partial charge on any atom is -0.453 e. The highest BCUT2D eigenvalue weighted by Gasteiger charge is 2.77. The molecule has 1 aromatic carbocycles. The Morgan fingerprint density at radius 2 is 1.97 bits per heavy atom. The zero-order valence-corrected chi connectivity index (χ0v) is 17.6. The lowest BCUT2D eigenvalue weighted by Gasteiger charge is -2.34. The van der Waals surface area contributed by atoms with E-state index in [4.69, 9.17) is 9.47 Å². The number of esters is 1. The molecule has 3 saturated heterocycles. The lowest BCUT2D eigenvalue weighted by molar-refractivity contribution is -0.152. The smallest absolute Gasteiger partial charge is 0.307 e. The molecule has 1 aromatic rings. The fourth-order valence-electron chi connectivity index (χ4n) is 5.25. The predicted octanol–water partition coefficient (Wildman–Crippen LogP) is 1.16. The Balaban J connectivity index is 1.88. The number of ether oxygens (including phenoxy) is 2. The quantitative estimate of drug-likeness (QED) is 0.649. The van der Waals surface area contributed by atoms with E-state index in [1.807, 2.05) is 32.0 Å². The molecule has 0 saturated carbocycles. The van der Waals surface area contributed by atoms with Gasteiger partial charge in [-0.1, -0.05) is 12.1 Å². The van der Waals surface area contributed by atoms with Crippen LogP contribution in [0.2, 0.25) is 0 Å². The number of Topliss-reactive ketones (excluding diaryl/α,β-unsaturated/α-hetero) is 1. The molecule has 0 bridgehead atoms. The lowest BCUT2D eigenvalue weighted by atomic mass is 9.80. The summed E-state index contributed by atoms with van der Waals surface area (Å²) in [5.74, 6) is -2.05. The van der Waals surface area contributed by atoms with Crippen LogP contribution in [0.4, 0.5) is 5.69 Å². The highest BCUT2D eigenvalue weighted by Crippen LogP contribution is 2.55. The molecule has 0 radical (unpaired) electrons. The highest BCUT2D eigenvalue weighted by molar-refractivity contribution is 6.12. The van der Waals surface area contributed by atoms with Crippen molar-refractivity contribution in [2.75, 3.05) is 25.2 Å². The van der Waals surface area contributed by atoms with Crippen molar-refractivity contribution in [3.05, 3.63) is 29.3 Å². The van der Waals surface area contributed by atoms with Gasteiger partial charge in [-0.3, -0.25) is 24.1 Å². The number of carbonyl (C=O) groups is 4. The number of nitrogens with zero attached hydrogens (tertiary/aromatic N) is 2. The van der Waals surface area contributed by atoms with E-state index in [0.717, 1.165) is 11.1 Å². The van der Waals surface area contributed by atoms with Gasteiger partial charge in [-0.05, 0) is 38.0 Å². The minimum absolute atomic E-state index is 0.0175. The number of likely N-dealkylation sites (tertiary alicyclic amines) is 1. The maximum Gasteiger partial charge on any atom is 0.307 e. The molecule has 2 amide bonds. The molecular formula is C22H26N2O6. The highest BCUT2D eigenvalue weighted by atomic mass is 16.6. The first kappa shape index (κ1) is 20.5. The first-order valence-electron chi connectivity index (χ1n) is 10.1. The lowest BCUT2D eigenvalue weighted by Crippen LogP contribution is -2.53. The van der Waals surface area contributed by atoms with Gasteiger partial charge in [0.1, 0.15) is 5.78 Å². The second kappa shape index (κ2) is 7.19. The molecule has 0 N–H and O–H groups in total. The van der Waals surface area contributed by atoms with Crippen molar-refractivity contribution < 1.29 is 28.7 Å². The zero-order chi connectivity index (χ0) is 21.8. The van der Waals surface area contributed by atoms with Crippen LogP contribution >= 0.6 is 0 Å². The fraction of sp³-hybridized carbons (Fsp3) is 0.545. The van der Waals surface area contributed by atoms with Crippen molar-refractivity contribution >= 4 is 29.3 Å². The molecule has 3 heterocycles. The number of ketones is 1. The van der Waals surface area contributed by atoms with Crippen LogP contribution in [-0.2, 0) is 28.7 Å². The molecule has 3 aliphatic heterocycles. The molecule has 0 aromatic heterocycles. The summed E-state index contributed by atoms with van der Waals surface area (Å²) in [7, 11) is 1.53. The Labute approximate surface area is 175 Å². The number of benzene rings is 1. The summed E-state index contributed by atoms with van der Waals surface area (Å²) in [5, 5.41) is 0. The molecule has 8 nitrogen and oxygen atoms in total. The third-order valence-corrected chi connectivity index (χ3v) is 6.69. The Bertz CT molecular complexity index is 944. The van der Waals surface area contributed by atoms with Crippen molar-refractivity contribution in [3.63, 3.8) is 0 Å². The molecule has 30 heavy (non-hydrogen) atoms. The van der Waals surface area contributed by atoms with Gasteiger partial charge in [-0.15, -0.1) is 0 Å². The number of methoxy groups -OCH3 is 1. The SMILES string of the molecule is COCCN1C(=O)C2N(c3cccc(C)c3C)C(=O)C3CC(=O)OC32C1CC(C)=O. The molecule has 3 aliphatic rings. The summed E-state index contributed by atoms with van der Waals surface area (Å²) in [4.78, 5) is 54.6. The summed E-state index contributed by atoms with van der Waals surface area (Å²) in [5.41, 5.74) is 1.16. The van der Waals surface area contributed by atoms with Gasteiger partial charge in [0, 0.05) is 25.8 Å². The van der Waals surface area contributed by atoms with Crippen molar-refractivity contribution in [2.24, 2.45) is 5.92 Å². The van der Waals surface area contributed by atoms with Crippen LogP contribution < -0.4 is 4.90 Å². The van der Waals surface area contributed by atoms with Crippen LogP contribution in [0.25, 0.3) is 0 Å². The second-order valence-electron chi connectivity index (χ2n) is 8.36. The Morgan fingerprint density at radius 3 is 2.63 bits per heavy atom. The molecule has 1 spiro atoms. The van der Waals surface area contributed by atoms with Gasteiger partial charge in [-0.25, -0.2) is 0 Å². The molecule has 160 valence electrons. The minimum atomic E-state index is -1.36. The van der Waals surface area contributed by atoms with Crippen molar-refractivity contribution in [1.82, 2.24) is 4.90 Å². The molecular weight excluding hydrogens is 388 g/mol. The van der Waals surface area contributed by atoms with Crippen LogP contribution in [-0.4, -0.2) is 66.4 Å². The van der Waals surface area contributed by atoms with E-state index in [0.29, 0.717) is 5.69 Å². The van der Waals surface area contributed by atoms with E-state index in [1.54, 1.807) is 4.90 Å². The van der Waals surface area contributed by atoms with Gasteiger partial charge >= 0.3 is 5.97 Å². The number of rotatable bonds is 6. The first-order chi connectivity index (χ1) is 14.2. The largest absolute Gasteiger partial charge is 0.453 e. The summed E-state index contributed by atoms with van der Waals surface area (Å²) >= 11 is 0. The van der Waals surface area contributed by atoms with E-state index in [9.17, 15) is 19.2 Å². The van der Waals surface area contributed by atoms with E-state index >= 15 is 0 Å². The summed E-state index contributed by atoms with van der Waals surface area (Å²) in [6.07, 6.45) is -0.0693. The van der Waals surface area contributed by atoms with Gasteiger partial charge < -0.3 is 14.4 Å². The van der Waals surface area contributed by atoms with E-state index in [-0.39, 0.29) is 43.6 Å². The number of anilines is 1. The molecule has 4 atom stereocenters. The van der Waals surface area contributed by atoms with Crippen LogP contribution in [0.15, 0.2) is 18.2 Å². The fourth-order valence-corrected chi connectivity index (χ4v) is 5.25. The first-order valence-corrected chi connectivity index (χ1v) is 10.1. The predicted molar refractivity (Wildman–Crippen MR) is 107 cm³/mol. The number of carbonyl (C=O) groups excluding carboxylic acids is 4. The number of aryl methyl sites for hydroxylation is 1. The van der Waals surface area contributed by atoms with Gasteiger partial charge in [0.05, 0.1) is 25.0 Å². The standard InChI is InChI=1S/C22H26N2O6/c1-12-6-5-7-16(14(12)3)24-19-21(28)23(8-9-29-4)17(10-13(2)25)22(19)15(20(24)27)11-18(26)30-22/h5-7,15,17,19H,8-11H2,1-4H3. The monoisotopic (exact) mass is 414 g/mol. The van der Waals surface area contributed by atoms with Crippen LogP contribution in [0.1, 0.15) is 30.9 Å². The van der Waals surface area contributed by atoms with Crippen molar-refractivity contribution in [2.45, 2.75) is 51.3 Å². The average molecular weight is 414 g/mol. The normalized spacial score (nSPS) is 30.0. The maximum absolute atomic E-state index is 13.6. The van der Waals surface area contributed by atoms with Crippen molar-refractivity contribution in [3.8, 4) is 0 Å². The van der Waals surface area contributed by atoms with Gasteiger partial charge in [-0.2, -0.15) is 0 Å². The Kier molecular flexibility index (Phi) is 4.92. The topological polar surface area (TPSA) is 93.2 Å². The molecule has 4 unspecified atom stereocenters. The number of amides is 2. The second-order valence-corrected chi connectivity index (χ2v) is 8.36. The molecule has 3 fully saturated rings. The number of hydrogen-bond donors (Lipinski definition) is 0. The third kappa shape index (κ3) is 2.70. The maximum atomic E-state index is 13.6. The number of hydrogen-bond acceptors (Lipinski definition) is 6. The van der Waals surface area contributed by atoms with E-state index in [2.05, 4.69) is 0 Å². The van der Waals surface area contributed by atoms with Gasteiger partial charge in [0.15, 0.2) is 11.6 Å². The molecule has 8 heteroatoms. The van der Waals surface area contributed by atoms with Crippen LogP contribution in [0.5, 0.6) is 0 Å². The average Bonchev–Trinajstić information content (AvgIpc) is 3.21. The summed E-state index contributed by atoms with van der Waals surface area (Å²) in [6, 6.07) is 3.91. The summed E-state index contributed by atoms with van der Waals surface area (Å²) < 4.78 is 11.0. The third-order valence-electron chi connectivity index (χ3n) is 6.69.